The molecule has 0 saturated carbocycles. The van der Waals surface area contributed by atoms with Crippen LogP contribution >= 0.6 is 0 Å². The summed E-state index contributed by atoms with van der Waals surface area (Å²) in [5.41, 5.74) is 0.244. The second-order valence-electron chi connectivity index (χ2n) is 6.90. The SMILES string of the molecule is CC(C)(C)NCCCCN1CCN(c2ccccn2)CC1. The zero-order valence-electron chi connectivity index (χ0n) is 13.8. The number of nitrogens with zero attached hydrogens (tertiary/aromatic N) is 3. The molecule has 0 unspecified atom stereocenters. The van der Waals surface area contributed by atoms with Crippen LogP contribution in [0.2, 0.25) is 0 Å². The summed E-state index contributed by atoms with van der Waals surface area (Å²) in [4.78, 5) is 9.40. The van der Waals surface area contributed by atoms with Crippen molar-refractivity contribution in [3.63, 3.8) is 0 Å². The quantitative estimate of drug-likeness (QED) is 0.815. The Hall–Kier alpha value is -1.13. The number of rotatable bonds is 6. The van der Waals surface area contributed by atoms with Gasteiger partial charge in [0.25, 0.3) is 0 Å². The highest BCUT2D eigenvalue weighted by molar-refractivity contribution is 5.38. The van der Waals surface area contributed by atoms with Crippen molar-refractivity contribution in [1.29, 1.82) is 0 Å². The Balaban J connectivity index is 1.59. The summed E-state index contributed by atoms with van der Waals surface area (Å²) >= 11 is 0. The number of hydrogen-bond donors (Lipinski definition) is 1. The lowest BCUT2D eigenvalue weighted by molar-refractivity contribution is 0.250. The Morgan fingerprint density at radius 1 is 1.10 bits per heavy atom. The topological polar surface area (TPSA) is 31.4 Å². The third kappa shape index (κ3) is 6.02. The van der Waals surface area contributed by atoms with Crippen molar-refractivity contribution in [1.82, 2.24) is 15.2 Å². The first-order valence-corrected chi connectivity index (χ1v) is 8.18. The summed E-state index contributed by atoms with van der Waals surface area (Å²) in [6.07, 6.45) is 4.42. The molecule has 2 heterocycles. The van der Waals surface area contributed by atoms with Crippen molar-refractivity contribution < 1.29 is 0 Å². The molecule has 0 aliphatic carbocycles. The number of nitrogens with one attached hydrogen (secondary N) is 1. The maximum absolute atomic E-state index is 4.44. The van der Waals surface area contributed by atoms with E-state index in [1.165, 1.54) is 19.4 Å². The first kappa shape index (κ1) is 16.2. The molecule has 0 bridgehead atoms. The molecule has 21 heavy (non-hydrogen) atoms. The van der Waals surface area contributed by atoms with Crippen LogP contribution in [-0.4, -0.2) is 54.7 Å². The lowest BCUT2D eigenvalue weighted by Gasteiger charge is -2.35. The summed E-state index contributed by atoms with van der Waals surface area (Å²) in [5, 5.41) is 3.55. The van der Waals surface area contributed by atoms with Gasteiger partial charge in [-0.15, -0.1) is 0 Å². The smallest absolute Gasteiger partial charge is 0.128 e. The van der Waals surface area contributed by atoms with Crippen LogP contribution in [0.1, 0.15) is 33.6 Å². The molecule has 0 spiro atoms. The largest absolute Gasteiger partial charge is 0.354 e. The van der Waals surface area contributed by atoms with E-state index in [0.717, 1.165) is 38.5 Å². The minimum absolute atomic E-state index is 0.244. The van der Waals surface area contributed by atoms with Gasteiger partial charge in [-0.1, -0.05) is 6.07 Å². The molecule has 1 aliphatic heterocycles. The van der Waals surface area contributed by atoms with E-state index in [1.807, 2.05) is 12.3 Å². The van der Waals surface area contributed by atoms with E-state index in [0.29, 0.717) is 0 Å². The van der Waals surface area contributed by atoms with Crippen LogP contribution in [0.15, 0.2) is 24.4 Å². The highest BCUT2D eigenvalue weighted by Crippen LogP contribution is 2.12. The fraction of sp³-hybridized carbons (Fsp3) is 0.706. The van der Waals surface area contributed by atoms with Crippen molar-refractivity contribution >= 4 is 5.82 Å². The molecule has 1 fully saturated rings. The van der Waals surface area contributed by atoms with E-state index in [-0.39, 0.29) is 5.54 Å². The number of anilines is 1. The van der Waals surface area contributed by atoms with Crippen molar-refractivity contribution in [2.45, 2.75) is 39.2 Å². The molecule has 1 aliphatic rings. The normalized spacial score (nSPS) is 17.2. The summed E-state index contributed by atoms with van der Waals surface area (Å²) in [5.74, 6) is 1.12. The van der Waals surface area contributed by atoms with Gasteiger partial charge in [0.15, 0.2) is 0 Å². The van der Waals surface area contributed by atoms with Crippen LogP contribution in [-0.2, 0) is 0 Å². The van der Waals surface area contributed by atoms with Gasteiger partial charge in [-0.2, -0.15) is 0 Å². The summed E-state index contributed by atoms with van der Waals surface area (Å²) in [7, 11) is 0. The Morgan fingerprint density at radius 2 is 1.86 bits per heavy atom. The Kier molecular flexibility index (Phi) is 6.00. The van der Waals surface area contributed by atoms with Crippen LogP contribution in [0.5, 0.6) is 0 Å². The predicted molar refractivity (Wildman–Crippen MR) is 89.9 cm³/mol. The monoisotopic (exact) mass is 290 g/mol. The number of hydrogen-bond acceptors (Lipinski definition) is 4. The second kappa shape index (κ2) is 7.76. The predicted octanol–water partition coefficient (Wildman–Crippen LogP) is 2.37. The number of unbranched alkanes of at least 4 members (excludes halogenated alkanes) is 1. The Morgan fingerprint density at radius 3 is 2.48 bits per heavy atom. The van der Waals surface area contributed by atoms with Gasteiger partial charge >= 0.3 is 0 Å². The average Bonchev–Trinajstić information content (AvgIpc) is 2.47. The van der Waals surface area contributed by atoms with E-state index in [9.17, 15) is 0 Å². The number of pyridine rings is 1. The molecule has 2 rings (SSSR count). The lowest BCUT2D eigenvalue weighted by Crippen LogP contribution is -2.47. The van der Waals surface area contributed by atoms with E-state index in [1.54, 1.807) is 0 Å². The minimum atomic E-state index is 0.244. The van der Waals surface area contributed by atoms with Crippen molar-refractivity contribution in [2.75, 3.05) is 44.2 Å². The zero-order valence-corrected chi connectivity index (χ0v) is 13.8. The number of aromatic nitrogens is 1. The highest BCUT2D eigenvalue weighted by atomic mass is 15.3. The molecule has 118 valence electrons. The van der Waals surface area contributed by atoms with Gasteiger partial charge in [0.1, 0.15) is 5.82 Å². The van der Waals surface area contributed by atoms with Crippen LogP contribution in [0.4, 0.5) is 5.82 Å². The van der Waals surface area contributed by atoms with Gasteiger partial charge in [0.05, 0.1) is 0 Å². The maximum Gasteiger partial charge on any atom is 0.128 e. The first-order valence-electron chi connectivity index (χ1n) is 8.18. The fourth-order valence-corrected chi connectivity index (χ4v) is 2.67. The molecular formula is C17H30N4. The highest BCUT2D eigenvalue weighted by Gasteiger charge is 2.17. The van der Waals surface area contributed by atoms with Crippen molar-refractivity contribution in [3.05, 3.63) is 24.4 Å². The average molecular weight is 290 g/mol. The molecule has 0 radical (unpaired) electrons. The molecular weight excluding hydrogens is 260 g/mol. The summed E-state index contributed by atoms with van der Waals surface area (Å²) in [6.45, 7) is 13.5. The molecule has 1 aromatic rings. The van der Waals surface area contributed by atoms with Crippen molar-refractivity contribution in [3.8, 4) is 0 Å². The summed E-state index contributed by atoms with van der Waals surface area (Å²) < 4.78 is 0. The summed E-state index contributed by atoms with van der Waals surface area (Å²) in [6, 6.07) is 6.15. The molecule has 4 heteroatoms. The maximum atomic E-state index is 4.44. The Labute approximate surface area is 129 Å². The van der Waals surface area contributed by atoms with Gasteiger partial charge in [0, 0.05) is 37.9 Å². The minimum Gasteiger partial charge on any atom is -0.354 e. The molecule has 1 N–H and O–H groups in total. The van der Waals surface area contributed by atoms with Gasteiger partial charge in [0.2, 0.25) is 0 Å². The molecule has 0 atom stereocenters. The van der Waals surface area contributed by atoms with Crippen LogP contribution in [0.25, 0.3) is 0 Å². The molecule has 4 nitrogen and oxygen atoms in total. The van der Waals surface area contributed by atoms with Gasteiger partial charge in [-0.3, -0.25) is 4.90 Å². The second-order valence-corrected chi connectivity index (χ2v) is 6.90. The van der Waals surface area contributed by atoms with E-state index < -0.39 is 0 Å². The van der Waals surface area contributed by atoms with Crippen LogP contribution in [0.3, 0.4) is 0 Å². The first-order chi connectivity index (χ1) is 10.0. The van der Waals surface area contributed by atoms with Gasteiger partial charge in [-0.05, 0) is 58.8 Å². The van der Waals surface area contributed by atoms with Gasteiger partial charge in [-0.25, -0.2) is 4.98 Å². The van der Waals surface area contributed by atoms with Gasteiger partial charge < -0.3 is 10.2 Å². The van der Waals surface area contributed by atoms with Crippen molar-refractivity contribution in [2.24, 2.45) is 0 Å². The third-order valence-electron chi connectivity index (χ3n) is 3.90. The number of piperazine rings is 1. The standard InChI is InChI=1S/C17H30N4/c1-17(2,3)19-10-6-7-11-20-12-14-21(15-13-20)16-8-4-5-9-18-16/h4-5,8-9,19H,6-7,10-15H2,1-3H3. The molecule has 1 aromatic heterocycles. The lowest BCUT2D eigenvalue weighted by atomic mass is 10.1. The van der Waals surface area contributed by atoms with E-state index in [2.05, 4.69) is 53.0 Å². The van der Waals surface area contributed by atoms with Crippen LogP contribution in [0, 0.1) is 0 Å². The van der Waals surface area contributed by atoms with Crippen LogP contribution < -0.4 is 10.2 Å². The third-order valence-corrected chi connectivity index (χ3v) is 3.90. The molecule has 0 amide bonds. The van der Waals surface area contributed by atoms with E-state index in [4.69, 9.17) is 0 Å². The Bertz CT molecular complexity index is 391. The molecule has 1 saturated heterocycles. The zero-order chi connectivity index (χ0) is 15.1. The van der Waals surface area contributed by atoms with E-state index >= 15 is 0 Å². The molecule has 0 aromatic carbocycles. The fourth-order valence-electron chi connectivity index (χ4n) is 2.67.